The summed E-state index contributed by atoms with van der Waals surface area (Å²) in [5, 5.41) is 0.702. The summed E-state index contributed by atoms with van der Waals surface area (Å²) in [5.41, 5.74) is 7.79. The Balaban J connectivity index is 2.06. The van der Waals surface area contributed by atoms with E-state index in [0.717, 1.165) is 23.8 Å². The van der Waals surface area contributed by atoms with E-state index in [1.165, 1.54) is 19.3 Å². The Bertz CT molecular complexity index is 347. The Morgan fingerprint density at radius 3 is 2.73 bits per heavy atom. The zero-order valence-electron chi connectivity index (χ0n) is 9.04. The van der Waals surface area contributed by atoms with E-state index in [-0.39, 0.29) is 0 Å². The molecule has 0 amide bonds. The van der Waals surface area contributed by atoms with E-state index < -0.39 is 0 Å². The predicted octanol–water partition coefficient (Wildman–Crippen LogP) is 3.16. The van der Waals surface area contributed by atoms with Gasteiger partial charge >= 0.3 is 0 Å². The van der Waals surface area contributed by atoms with Gasteiger partial charge in [0, 0.05) is 18.6 Å². The monoisotopic (exact) mass is 224 g/mol. The Labute approximate surface area is 96.0 Å². The van der Waals surface area contributed by atoms with Crippen LogP contribution in [0.25, 0.3) is 0 Å². The van der Waals surface area contributed by atoms with Gasteiger partial charge < -0.3 is 10.6 Å². The molecule has 0 atom stereocenters. The topological polar surface area (TPSA) is 29.3 Å². The maximum absolute atomic E-state index is 5.93. The number of benzene rings is 1. The molecule has 0 bridgehead atoms. The molecule has 1 fully saturated rings. The third-order valence-corrected chi connectivity index (χ3v) is 3.39. The van der Waals surface area contributed by atoms with Gasteiger partial charge in [-0.3, -0.25) is 0 Å². The van der Waals surface area contributed by atoms with Gasteiger partial charge in [-0.1, -0.05) is 18.0 Å². The summed E-state index contributed by atoms with van der Waals surface area (Å²) < 4.78 is 0. The molecule has 2 N–H and O–H groups in total. The average Bonchev–Trinajstić information content (AvgIpc) is 2.11. The van der Waals surface area contributed by atoms with Crippen LogP contribution >= 0.6 is 11.6 Å². The number of nitrogens with two attached hydrogens (primary N) is 1. The highest BCUT2D eigenvalue weighted by Gasteiger charge is 2.19. The first kappa shape index (κ1) is 10.6. The van der Waals surface area contributed by atoms with Crippen molar-refractivity contribution in [3.8, 4) is 0 Å². The van der Waals surface area contributed by atoms with Gasteiger partial charge in [0.25, 0.3) is 0 Å². The lowest BCUT2D eigenvalue weighted by molar-refractivity contribution is 0.321. The van der Waals surface area contributed by atoms with E-state index in [1.807, 2.05) is 18.2 Å². The summed E-state index contributed by atoms with van der Waals surface area (Å²) in [6.07, 6.45) is 4.10. The molecule has 0 aliphatic heterocycles. The third-order valence-electron chi connectivity index (χ3n) is 3.16. The number of rotatable bonds is 3. The van der Waals surface area contributed by atoms with Gasteiger partial charge in [0.05, 0.1) is 11.4 Å². The van der Waals surface area contributed by atoms with Crippen molar-refractivity contribution in [3.05, 3.63) is 23.2 Å². The Hall–Kier alpha value is -0.890. The van der Waals surface area contributed by atoms with Gasteiger partial charge in [0.1, 0.15) is 0 Å². The summed E-state index contributed by atoms with van der Waals surface area (Å²) in [4.78, 5) is 2.23. The van der Waals surface area contributed by atoms with E-state index in [2.05, 4.69) is 11.9 Å². The SMILES string of the molecule is CN(CC1CCC1)c1ccc(Cl)cc1N. The summed E-state index contributed by atoms with van der Waals surface area (Å²) in [5.74, 6) is 0.852. The first-order valence-electron chi connectivity index (χ1n) is 5.43. The van der Waals surface area contributed by atoms with Crippen LogP contribution in [0.3, 0.4) is 0 Å². The standard InChI is InChI=1S/C12H17ClN2/c1-15(8-9-3-2-4-9)12-6-5-10(13)7-11(12)14/h5-7,9H,2-4,8,14H2,1H3. The maximum Gasteiger partial charge on any atom is 0.0598 e. The van der Waals surface area contributed by atoms with Crippen LogP contribution in [0.1, 0.15) is 19.3 Å². The molecule has 0 saturated heterocycles. The lowest BCUT2D eigenvalue weighted by Crippen LogP contribution is -2.29. The van der Waals surface area contributed by atoms with Crippen molar-refractivity contribution in [2.24, 2.45) is 5.92 Å². The first-order chi connectivity index (χ1) is 7.16. The number of halogens is 1. The normalized spacial score (nSPS) is 16.1. The van der Waals surface area contributed by atoms with Crippen molar-refractivity contribution in [1.29, 1.82) is 0 Å². The van der Waals surface area contributed by atoms with Crippen LogP contribution in [-0.2, 0) is 0 Å². The first-order valence-corrected chi connectivity index (χ1v) is 5.81. The van der Waals surface area contributed by atoms with Crippen LogP contribution in [0.2, 0.25) is 5.02 Å². The fourth-order valence-electron chi connectivity index (χ4n) is 2.03. The Morgan fingerprint density at radius 1 is 1.47 bits per heavy atom. The summed E-state index contributed by atoms with van der Waals surface area (Å²) in [6, 6.07) is 5.70. The maximum atomic E-state index is 5.93. The summed E-state index contributed by atoms with van der Waals surface area (Å²) in [6.45, 7) is 1.10. The van der Waals surface area contributed by atoms with Crippen molar-refractivity contribution in [3.63, 3.8) is 0 Å². The average molecular weight is 225 g/mol. The molecule has 3 heteroatoms. The number of nitrogen functional groups attached to an aromatic ring is 1. The van der Waals surface area contributed by atoms with Crippen molar-refractivity contribution < 1.29 is 0 Å². The van der Waals surface area contributed by atoms with Crippen molar-refractivity contribution >= 4 is 23.0 Å². The van der Waals surface area contributed by atoms with E-state index in [1.54, 1.807) is 0 Å². The Morgan fingerprint density at radius 2 is 2.20 bits per heavy atom. The molecule has 2 rings (SSSR count). The fraction of sp³-hybridized carbons (Fsp3) is 0.500. The van der Waals surface area contributed by atoms with Crippen LogP contribution in [0, 0.1) is 5.92 Å². The molecular weight excluding hydrogens is 208 g/mol. The molecule has 0 unspecified atom stereocenters. The summed E-state index contributed by atoms with van der Waals surface area (Å²) >= 11 is 5.87. The Kier molecular flexibility index (Phi) is 3.06. The van der Waals surface area contributed by atoms with E-state index >= 15 is 0 Å². The van der Waals surface area contributed by atoms with Crippen LogP contribution in [-0.4, -0.2) is 13.6 Å². The van der Waals surface area contributed by atoms with Gasteiger partial charge in [-0.2, -0.15) is 0 Å². The molecule has 0 heterocycles. The van der Waals surface area contributed by atoms with E-state index in [4.69, 9.17) is 17.3 Å². The van der Waals surface area contributed by atoms with Crippen LogP contribution < -0.4 is 10.6 Å². The lowest BCUT2D eigenvalue weighted by Gasteiger charge is -2.31. The molecule has 1 aromatic rings. The van der Waals surface area contributed by atoms with Crippen LogP contribution in [0.5, 0.6) is 0 Å². The van der Waals surface area contributed by atoms with Gasteiger partial charge in [0.2, 0.25) is 0 Å². The fourth-order valence-corrected chi connectivity index (χ4v) is 2.21. The highest BCUT2D eigenvalue weighted by Crippen LogP contribution is 2.31. The van der Waals surface area contributed by atoms with Crippen LogP contribution in [0.4, 0.5) is 11.4 Å². The molecule has 0 spiro atoms. The van der Waals surface area contributed by atoms with Crippen molar-refractivity contribution in [1.82, 2.24) is 0 Å². The molecule has 0 radical (unpaired) electrons. The molecule has 1 aliphatic carbocycles. The zero-order chi connectivity index (χ0) is 10.8. The molecule has 1 aliphatic rings. The quantitative estimate of drug-likeness (QED) is 0.800. The van der Waals surface area contributed by atoms with Crippen LogP contribution in [0.15, 0.2) is 18.2 Å². The third kappa shape index (κ3) is 2.37. The molecule has 2 nitrogen and oxygen atoms in total. The largest absolute Gasteiger partial charge is 0.397 e. The number of hydrogen-bond acceptors (Lipinski definition) is 2. The molecule has 1 aromatic carbocycles. The molecule has 0 aromatic heterocycles. The number of hydrogen-bond donors (Lipinski definition) is 1. The van der Waals surface area contributed by atoms with Crippen molar-refractivity contribution in [2.75, 3.05) is 24.2 Å². The van der Waals surface area contributed by atoms with E-state index in [0.29, 0.717) is 5.02 Å². The number of anilines is 2. The highest BCUT2D eigenvalue weighted by atomic mass is 35.5. The minimum Gasteiger partial charge on any atom is -0.397 e. The van der Waals surface area contributed by atoms with Gasteiger partial charge in [-0.05, 0) is 37.0 Å². The second-order valence-corrected chi connectivity index (χ2v) is 4.82. The second-order valence-electron chi connectivity index (χ2n) is 4.38. The molecular formula is C12H17ClN2. The van der Waals surface area contributed by atoms with Gasteiger partial charge in [0.15, 0.2) is 0 Å². The minimum absolute atomic E-state index is 0.702. The van der Waals surface area contributed by atoms with Gasteiger partial charge in [-0.25, -0.2) is 0 Å². The molecule has 15 heavy (non-hydrogen) atoms. The summed E-state index contributed by atoms with van der Waals surface area (Å²) in [7, 11) is 2.10. The molecule has 1 saturated carbocycles. The zero-order valence-corrected chi connectivity index (χ0v) is 9.80. The number of nitrogens with zero attached hydrogens (tertiary/aromatic N) is 1. The van der Waals surface area contributed by atoms with Crippen molar-refractivity contribution in [2.45, 2.75) is 19.3 Å². The second kappa shape index (κ2) is 4.31. The smallest absolute Gasteiger partial charge is 0.0598 e. The van der Waals surface area contributed by atoms with Gasteiger partial charge in [-0.15, -0.1) is 0 Å². The van der Waals surface area contributed by atoms with E-state index in [9.17, 15) is 0 Å². The highest BCUT2D eigenvalue weighted by molar-refractivity contribution is 6.31. The molecule has 82 valence electrons. The predicted molar refractivity (Wildman–Crippen MR) is 66.5 cm³/mol. The lowest BCUT2D eigenvalue weighted by atomic mass is 9.85. The minimum atomic E-state index is 0.702.